The van der Waals surface area contributed by atoms with E-state index in [1.165, 1.54) is 0 Å². The SMILES string of the molecule is O=C(CC1(C(=O)O)CCCCC1)NC1CCS(=O)(=O)C1. The number of carboxylic acid groups (broad SMARTS) is 1. The van der Waals surface area contributed by atoms with E-state index in [0.717, 1.165) is 19.3 Å². The maximum Gasteiger partial charge on any atom is 0.310 e. The van der Waals surface area contributed by atoms with Crippen LogP contribution in [0.5, 0.6) is 0 Å². The van der Waals surface area contributed by atoms with E-state index in [2.05, 4.69) is 5.32 Å². The normalized spacial score (nSPS) is 27.9. The molecule has 0 radical (unpaired) electrons. The van der Waals surface area contributed by atoms with Crippen LogP contribution in [0.15, 0.2) is 0 Å². The molecular formula is C13H21NO5S. The molecule has 6 nitrogen and oxygen atoms in total. The molecule has 2 rings (SSSR count). The number of carbonyl (C=O) groups is 2. The smallest absolute Gasteiger partial charge is 0.310 e. The van der Waals surface area contributed by atoms with E-state index < -0.39 is 21.2 Å². The van der Waals surface area contributed by atoms with Gasteiger partial charge >= 0.3 is 5.97 Å². The predicted octanol–water partition coefficient (Wildman–Crippen LogP) is 0.715. The first-order valence-electron chi connectivity index (χ1n) is 7.06. The first kappa shape index (κ1) is 15.3. The highest BCUT2D eigenvalue weighted by atomic mass is 32.2. The number of carboxylic acids is 1. The van der Waals surface area contributed by atoms with Crippen LogP contribution in [0.25, 0.3) is 0 Å². The predicted molar refractivity (Wildman–Crippen MR) is 73.0 cm³/mol. The molecule has 1 heterocycles. The first-order chi connectivity index (χ1) is 9.33. The van der Waals surface area contributed by atoms with Crippen LogP contribution in [-0.4, -0.2) is 42.9 Å². The van der Waals surface area contributed by atoms with Crippen LogP contribution in [-0.2, 0) is 19.4 Å². The number of hydrogen-bond donors (Lipinski definition) is 2. The van der Waals surface area contributed by atoms with E-state index in [4.69, 9.17) is 0 Å². The van der Waals surface area contributed by atoms with Crippen LogP contribution in [0.2, 0.25) is 0 Å². The molecule has 20 heavy (non-hydrogen) atoms. The second-order valence-electron chi connectivity index (χ2n) is 5.99. The molecule has 2 N–H and O–H groups in total. The minimum Gasteiger partial charge on any atom is -0.481 e. The molecule has 1 aliphatic carbocycles. The van der Waals surface area contributed by atoms with Crippen LogP contribution in [0.3, 0.4) is 0 Å². The lowest BCUT2D eigenvalue weighted by Crippen LogP contribution is -2.42. The standard InChI is InChI=1S/C13H21NO5S/c15-11(14-10-4-7-20(18,19)9-10)8-13(12(16)17)5-2-1-3-6-13/h10H,1-9H2,(H,14,15)(H,16,17). The third kappa shape index (κ3) is 3.50. The van der Waals surface area contributed by atoms with Crippen LogP contribution in [0.1, 0.15) is 44.9 Å². The highest BCUT2D eigenvalue weighted by Gasteiger charge is 2.42. The Morgan fingerprint density at radius 2 is 1.85 bits per heavy atom. The summed E-state index contributed by atoms with van der Waals surface area (Å²) in [4.78, 5) is 23.5. The van der Waals surface area contributed by atoms with Crippen molar-refractivity contribution in [1.29, 1.82) is 0 Å². The quantitative estimate of drug-likeness (QED) is 0.797. The number of amides is 1. The van der Waals surface area contributed by atoms with Gasteiger partial charge in [-0.25, -0.2) is 8.42 Å². The average molecular weight is 303 g/mol. The molecule has 0 aromatic rings. The van der Waals surface area contributed by atoms with Gasteiger partial charge in [-0.05, 0) is 19.3 Å². The Morgan fingerprint density at radius 3 is 2.35 bits per heavy atom. The second kappa shape index (κ2) is 5.71. The lowest BCUT2D eigenvalue weighted by atomic mass is 9.71. The zero-order valence-corrected chi connectivity index (χ0v) is 12.2. The number of nitrogens with one attached hydrogen (secondary N) is 1. The summed E-state index contributed by atoms with van der Waals surface area (Å²) in [6.45, 7) is 0. The Balaban J connectivity index is 1.94. The Morgan fingerprint density at radius 1 is 1.20 bits per heavy atom. The lowest BCUT2D eigenvalue weighted by Gasteiger charge is -2.32. The molecule has 0 spiro atoms. The Kier molecular flexibility index (Phi) is 4.36. The Hall–Kier alpha value is -1.11. The third-order valence-electron chi connectivity index (χ3n) is 4.36. The van der Waals surface area contributed by atoms with Crippen LogP contribution < -0.4 is 5.32 Å². The van der Waals surface area contributed by atoms with Gasteiger partial charge in [-0.3, -0.25) is 9.59 Å². The van der Waals surface area contributed by atoms with Crippen molar-refractivity contribution in [3.8, 4) is 0 Å². The molecule has 114 valence electrons. The number of sulfone groups is 1. The number of aliphatic carboxylic acids is 1. The van der Waals surface area contributed by atoms with Crippen molar-refractivity contribution in [2.75, 3.05) is 11.5 Å². The first-order valence-corrected chi connectivity index (χ1v) is 8.88. The van der Waals surface area contributed by atoms with Gasteiger partial charge in [0.05, 0.1) is 16.9 Å². The maximum atomic E-state index is 12.0. The van der Waals surface area contributed by atoms with Gasteiger partial charge in [0.25, 0.3) is 0 Å². The zero-order valence-electron chi connectivity index (χ0n) is 11.4. The summed E-state index contributed by atoms with van der Waals surface area (Å²) < 4.78 is 22.7. The summed E-state index contributed by atoms with van der Waals surface area (Å²) in [5, 5.41) is 12.1. The fraction of sp³-hybridized carbons (Fsp3) is 0.846. The van der Waals surface area contributed by atoms with E-state index in [1.807, 2.05) is 0 Å². The molecule has 1 amide bonds. The van der Waals surface area contributed by atoms with Crippen molar-refractivity contribution in [2.45, 2.75) is 51.0 Å². The van der Waals surface area contributed by atoms with Crippen molar-refractivity contribution >= 4 is 21.7 Å². The van der Waals surface area contributed by atoms with E-state index in [0.29, 0.717) is 19.3 Å². The second-order valence-corrected chi connectivity index (χ2v) is 8.22. The largest absolute Gasteiger partial charge is 0.481 e. The lowest BCUT2D eigenvalue weighted by molar-refractivity contribution is -0.154. The number of hydrogen-bond acceptors (Lipinski definition) is 4. The molecule has 0 bridgehead atoms. The van der Waals surface area contributed by atoms with Crippen LogP contribution in [0.4, 0.5) is 0 Å². The van der Waals surface area contributed by atoms with Gasteiger partial charge in [-0.15, -0.1) is 0 Å². The number of carbonyl (C=O) groups excluding carboxylic acids is 1. The van der Waals surface area contributed by atoms with Gasteiger partial charge in [0.1, 0.15) is 0 Å². The summed E-state index contributed by atoms with van der Waals surface area (Å²) in [7, 11) is -3.04. The maximum absolute atomic E-state index is 12.0. The van der Waals surface area contributed by atoms with E-state index >= 15 is 0 Å². The van der Waals surface area contributed by atoms with Gasteiger partial charge in [-0.2, -0.15) is 0 Å². The van der Waals surface area contributed by atoms with Gasteiger partial charge in [-0.1, -0.05) is 19.3 Å². The molecule has 2 fully saturated rings. The third-order valence-corrected chi connectivity index (χ3v) is 6.13. The summed E-state index contributed by atoms with van der Waals surface area (Å²) in [5.41, 5.74) is -0.959. The molecule has 1 saturated heterocycles. The van der Waals surface area contributed by atoms with Crippen molar-refractivity contribution in [1.82, 2.24) is 5.32 Å². The fourth-order valence-electron chi connectivity index (χ4n) is 3.19. The van der Waals surface area contributed by atoms with Crippen molar-refractivity contribution < 1.29 is 23.1 Å². The van der Waals surface area contributed by atoms with Gasteiger partial charge in [0.15, 0.2) is 9.84 Å². The fourth-order valence-corrected chi connectivity index (χ4v) is 4.86. The molecule has 7 heteroatoms. The zero-order chi connectivity index (χ0) is 14.8. The van der Waals surface area contributed by atoms with Crippen molar-refractivity contribution in [3.63, 3.8) is 0 Å². The van der Waals surface area contributed by atoms with E-state index in [-0.39, 0.29) is 29.9 Å². The summed E-state index contributed by atoms with van der Waals surface area (Å²) in [5.74, 6) is -1.18. The van der Waals surface area contributed by atoms with Crippen molar-refractivity contribution in [3.05, 3.63) is 0 Å². The molecule has 2 aliphatic rings. The molecule has 1 atom stereocenters. The monoisotopic (exact) mass is 303 g/mol. The molecule has 0 aromatic heterocycles. The Bertz CT molecular complexity index is 493. The minimum atomic E-state index is -3.04. The molecule has 1 unspecified atom stereocenters. The summed E-state index contributed by atoms with van der Waals surface area (Å²) in [6, 6.07) is -0.359. The van der Waals surface area contributed by atoms with E-state index in [9.17, 15) is 23.1 Å². The number of rotatable bonds is 4. The highest BCUT2D eigenvalue weighted by Crippen LogP contribution is 2.39. The molecular weight excluding hydrogens is 282 g/mol. The summed E-state index contributed by atoms with van der Waals surface area (Å²) in [6.07, 6.45) is 4.11. The minimum absolute atomic E-state index is 0.0290. The van der Waals surface area contributed by atoms with Crippen molar-refractivity contribution in [2.24, 2.45) is 5.41 Å². The topological polar surface area (TPSA) is 101 Å². The van der Waals surface area contributed by atoms with Gasteiger partial charge in [0.2, 0.25) is 5.91 Å². The molecule has 1 saturated carbocycles. The average Bonchev–Trinajstić information content (AvgIpc) is 2.69. The molecule has 0 aromatic carbocycles. The van der Waals surface area contributed by atoms with E-state index in [1.54, 1.807) is 0 Å². The van der Waals surface area contributed by atoms with Gasteiger partial charge < -0.3 is 10.4 Å². The molecule has 1 aliphatic heterocycles. The van der Waals surface area contributed by atoms with Gasteiger partial charge in [0, 0.05) is 12.5 Å². The van der Waals surface area contributed by atoms with Crippen LogP contribution >= 0.6 is 0 Å². The summed E-state index contributed by atoms with van der Waals surface area (Å²) >= 11 is 0. The van der Waals surface area contributed by atoms with Crippen LogP contribution in [0, 0.1) is 5.41 Å². The Labute approximate surface area is 118 Å². The highest BCUT2D eigenvalue weighted by molar-refractivity contribution is 7.91.